The maximum Gasteiger partial charge on any atom is 0.250 e. The summed E-state index contributed by atoms with van der Waals surface area (Å²) in [5.74, 6) is -2.68. The van der Waals surface area contributed by atoms with Crippen molar-refractivity contribution in [1.82, 2.24) is 14.9 Å². The van der Waals surface area contributed by atoms with Gasteiger partial charge in [0.2, 0.25) is 0 Å². The number of pyridine rings is 2. The normalized spacial score (nSPS) is 18.5. The van der Waals surface area contributed by atoms with Gasteiger partial charge in [-0.3, -0.25) is 14.9 Å². The minimum Gasteiger partial charge on any atom is -0.386 e. The topological polar surface area (TPSA) is 49.3 Å². The fourth-order valence-electron chi connectivity index (χ4n) is 4.03. The zero-order valence-corrected chi connectivity index (χ0v) is 18.1. The molecule has 0 bridgehead atoms. The summed E-state index contributed by atoms with van der Waals surface area (Å²) < 4.78 is 27.6. The van der Waals surface area contributed by atoms with Crippen LogP contribution in [0.5, 0.6) is 0 Å². The van der Waals surface area contributed by atoms with Gasteiger partial charge in [-0.2, -0.15) is 0 Å². The fourth-order valence-corrected chi connectivity index (χ4v) is 4.56. The predicted octanol–water partition coefficient (Wildman–Crippen LogP) is 5.96. The van der Waals surface area contributed by atoms with E-state index in [9.17, 15) is 13.9 Å². The Hall–Kier alpha value is -2.12. The number of piperidine rings is 1. The summed E-state index contributed by atoms with van der Waals surface area (Å²) in [5, 5.41) is 12.4. The number of nitrogens with zero attached hydrogens (tertiary/aromatic N) is 3. The van der Waals surface area contributed by atoms with Gasteiger partial charge < -0.3 is 5.11 Å². The molecule has 0 spiro atoms. The van der Waals surface area contributed by atoms with Gasteiger partial charge in [-0.1, -0.05) is 35.3 Å². The lowest BCUT2D eigenvalue weighted by Gasteiger charge is -2.40. The third-order valence-electron chi connectivity index (χ3n) is 5.54. The molecule has 0 aliphatic carbocycles. The first-order valence-electron chi connectivity index (χ1n) is 9.95. The Morgan fingerprint density at radius 1 is 1.00 bits per heavy atom. The first kappa shape index (κ1) is 22.1. The van der Waals surface area contributed by atoms with Gasteiger partial charge in [0, 0.05) is 65.7 Å². The summed E-state index contributed by atoms with van der Waals surface area (Å²) in [6, 6.07) is 11.7. The third kappa shape index (κ3) is 5.04. The van der Waals surface area contributed by atoms with Crippen molar-refractivity contribution in [3.63, 3.8) is 0 Å². The van der Waals surface area contributed by atoms with Gasteiger partial charge in [0.05, 0.1) is 11.7 Å². The van der Waals surface area contributed by atoms with Gasteiger partial charge in [-0.05, 0) is 35.9 Å². The minimum atomic E-state index is -2.68. The van der Waals surface area contributed by atoms with Crippen molar-refractivity contribution in [2.75, 3.05) is 13.1 Å². The van der Waals surface area contributed by atoms with Gasteiger partial charge >= 0.3 is 0 Å². The number of aliphatic hydroxyl groups excluding tert-OH is 1. The van der Waals surface area contributed by atoms with Crippen LogP contribution in [-0.4, -0.2) is 39.0 Å². The molecular weight excluding hydrogens is 443 g/mol. The summed E-state index contributed by atoms with van der Waals surface area (Å²) in [6.45, 7) is 0.338. The molecule has 1 N–H and O–H groups in total. The lowest BCUT2D eigenvalue weighted by molar-refractivity contribution is -0.0766. The second-order valence-corrected chi connectivity index (χ2v) is 8.54. The highest BCUT2D eigenvalue weighted by atomic mass is 35.5. The maximum absolute atomic E-state index is 13.8. The van der Waals surface area contributed by atoms with Crippen LogP contribution in [0.1, 0.15) is 36.1 Å². The Balaban J connectivity index is 1.75. The highest BCUT2D eigenvalue weighted by molar-refractivity contribution is 6.35. The van der Waals surface area contributed by atoms with Crippen LogP contribution in [0.2, 0.25) is 10.0 Å². The molecular formula is C23H21Cl2F2N3O. The molecule has 8 heteroatoms. The van der Waals surface area contributed by atoms with E-state index in [1.807, 2.05) is 11.0 Å². The zero-order valence-electron chi connectivity index (χ0n) is 16.6. The van der Waals surface area contributed by atoms with Gasteiger partial charge in [-0.25, -0.2) is 8.78 Å². The second kappa shape index (κ2) is 9.17. The molecule has 3 aromatic rings. The second-order valence-electron chi connectivity index (χ2n) is 7.67. The van der Waals surface area contributed by atoms with Crippen molar-refractivity contribution in [2.24, 2.45) is 0 Å². The number of hydrogen-bond donors (Lipinski definition) is 1. The van der Waals surface area contributed by atoms with E-state index in [1.165, 1.54) is 0 Å². The van der Waals surface area contributed by atoms with Crippen LogP contribution in [0.15, 0.2) is 61.1 Å². The molecule has 1 saturated heterocycles. The Kier molecular flexibility index (Phi) is 6.53. The molecule has 2 unspecified atom stereocenters. The van der Waals surface area contributed by atoms with Crippen LogP contribution in [0.4, 0.5) is 8.78 Å². The van der Waals surface area contributed by atoms with Crippen molar-refractivity contribution in [3.8, 4) is 11.3 Å². The number of hydrogen-bond acceptors (Lipinski definition) is 4. The van der Waals surface area contributed by atoms with Crippen LogP contribution in [0.3, 0.4) is 0 Å². The number of likely N-dealkylation sites (tertiary alicyclic amines) is 1. The molecule has 3 heterocycles. The molecule has 31 heavy (non-hydrogen) atoms. The van der Waals surface area contributed by atoms with E-state index in [0.717, 1.165) is 5.56 Å². The number of rotatable bonds is 5. The van der Waals surface area contributed by atoms with Crippen LogP contribution < -0.4 is 0 Å². The molecule has 4 rings (SSSR count). The van der Waals surface area contributed by atoms with Crippen molar-refractivity contribution < 1.29 is 13.9 Å². The standard InChI is InChI=1S/C23H21Cl2F2N3O/c24-17-11-16(12-18(25)13-17)20-19(4-2-8-29-20)22(31)21(15-3-1-7-28-14-15)30-9-5-23(26,27)6-10-30/h1-4,7-8,11-14,21-22,31H,5-6,9-10H2. The van der Waals surface area contributed by atoms with E-state index in [0.29, 0.717) is 26.9 Å². The van der Waals surface area contributed by atoms with E-state index < -0.39 is 18.1 Å². The summed E-state index contributed by atoms with van der Waals surface area (Å²) in [5.41, 5.74) is 2.52. The number of benzene rings is 1. The van der Waals surface area contributed by atoms with E-state index in [4.69, 9.17) is 23.2 Å². The lowest BCUT2D eigenvalue weighted by Crippen LogP contribution is -2.43. The first-order valence-corrected chi connectivity index (χ1v) is 10.7. The van der Waals surface area contributed by atoms with Crippen LogP contribution in [-0.2, 0) is 0 Å². The zero-order chi connectivity index (χ0) is 22.0. The number of alkyl halides is 2. The van der Waals surface area contributed by atoms with E-state index in [2.05, 4.69) is 9.97 Å². The third-order valence-corrected chi connectivity index (χ3v) is 5.98. The average Bonchev–Trinajstić information content (AvgIpc) is 2.75. The van der Waals surface area contributed by atoms with Crippen LogP contribution in [0, 0.1) is 0 Å². The van der Waals surface area contributed by atoms with Gasteiger partial charge in [0.15, 0.2) is 0 Å². The van der Waals surface area contributed by atoms with Crippen LogP contribution >= 0.6 is 23.2 Å². The average molecular weight is 464 g/mol. The Labute approximate surface area is 189 Å². The van der Waals surface area contributed by atoms with Crippen molar-refractivity contribution in [2.45, 2.75) is 30.9 Å². The van der Waals surface area contributed by atoms with Crippen molar-refractivity contribution in [3.05, 3.63) is 82.2 Å². The Bertz CT molecular complexity index is 1020. The molecule has 162 valence electrons. The molecule has 2 atom stereocenters. The minimum absolute atomic E-state index is 0.169. The summed E-state index contributed by atoms with van der Waals surface area (Å²) in [7, 11) is 0. The molecule has 1 aliphatic rings. The van der Waals surface area contributed by atoms with E-state index in [-0.39, 0.29) is 25.9 Å². The molecule has 2 aromatic heterocycles. The van der Waals surface area contributed by atoms with Crippen LogP contribution in [0.25, 0.3) is 11.3 Å². The van der Waals surface area contributed by atoms with Crippen molar-refractivity contribution in [1.29, 1.82) is 0 Å². The van der Waals surface area contributed by atoms with Crippen molar-refractivity contribution >= 4 is 23.2 Å². The Morgan fingerprint density at radius 2 is 1.68 bits per heavy atom. The van der Waals surface area contributed by atoms with E-state index in [1.54, 1.807) is 55.0 Å². The molecule has 1 aliphatic heterocycles. The smallest absolute Gasteiger partial charge is 0.250 e. The monoisotopic (exact) mass is 463 g/mol. The first-order chi connectivity index (χ1) is 14.8. The molecule has 0 saturated carbocycles. The molecule has 0 radical (unpaired) electrons. The molecule has 1 fully saturated rings. The summed E-state index contributed by atoms with van der Waals surface area (Å²) in [4.78, 5) is 10.5. The number of halogens is 4. The number of aliphatic hydroxyl groups is 1. The quantitative estimate of drug-likeness (QED) is 0.507. The highest BCUT2D eigenvalue weighted by Gasteiger charge is 2.39. The fraction of sp³-hybridized carbons (Fsp3) is 0.304. The SMILES string of the molecule is OC(c1cccnc1-c1cc(Cl)cc(Cl)c1)C(c1cccnc1)N1CCC(F)(F)CC1. The molecule has 0 amide bonds. The van der Waals surface area contributed by atoms with Gasteiger partial charge in [0.1, 0.15) is 6.10 Å². The predicted molar refractivity (Wildman–Crippen MR) is 117 cm³/mol. The summed E-state index contributed by atoms with van der Waals surface area (Å²) >= 11 is 12.4. The maximum atomic E-state index is 13.8. The van der Waals surface area contributed by atoms with E-state index >= 15 is 0 Å². The Morgan fingerprint density at radius 3 is 2.32 bits per heavy atom. The highest BCUT2D eigenvalue weighted by Crippen LogP contribution is 2.41. The summed E-state index contributed by atoms with van der Waals surface area (Å²) in [6.07, 6.45) is 3.40. The largest absolute Gasteiger partial charge is 0.386 e. The van der Waals surface area contributed by atoms with Gasteiger partial charge in [0.25, 0.3) is 5.92 Å². The molecule has 4 nitrogen and oxygen atoms in total. The molecule has 1 aromatic carbocycles. The number of aromatic nitrogens is 2. The van der Waals surface area contributed by atoms with Gasteiger partial charge in [-0.15, -0.1) is 0 Å². The lowest BCUT2D eigenvalue weighted by atomic mass is 9.91.